The van der Waals surface area contributed by atoms with Crippen LogP contribution in [0.2, 0.25) is 0 Å². The van der Waals surface area contributed by atoms with Crippen molar-refractivity contribution in [3.05, 3.63) is 169 Å². The lowest BCUT2D eigenvalue weighted by molar-refractivity contribution is 0.660. The Hall–Kier alpha value is -6.52. The van der Waals surface area contributed by atoms with Crippen LogP contribution in [0.25, 0.3) is 88.5 Å². The minimum atomic E-state index is -0.112. The SMILES string of the molecule is CC1(C)c2ccccc2-c2ccc(-c3nc(-n4c5ccccc5c5ccc6c(c7ccccc7n6-c6ccccc6)c54)nc4ccccc34)cc21. The molecule has 0 fully saturated rings. The molecule has 10 aromatic rings. The molecule has 0 amide bonds. The Bertz CT molecular complexity index is 3050. The van der Waals surface area contributed by atoms with Gasteiger partial charge < -0.3 is 4.57 Å². The number of para-hydroxylation sites is 4. The van der Waals surface area contributed by atoms with E-state index in [4.69, 9.17) is 9.97 Å². The Morgan fingerprint density at radius 2 is 1.14 bits per heavy atom. The fourth-order valence-corrected chi connectivity index (χ4v) is 8.81. The lowest BCUT2D eigenvalue weighted by atomic mass is 9.82. The summed E-state index contributed by atoms with van der Waals surface area (Å²) in [5, 5.41) is 5.80. The first-order valence-corrected chi connectivity index (χ1v) is 17.6. The molecule has 1 aliphatic rings. The summed E-state index contributed by atoms with van der Waals surface area (Å²) in [6.07, 6.45) is 0. The van der Waals surface area contributed by atoms with Gasteiger partial charge in [-0.3, -0.25) is 4.57 Å². The van der Waals surface area contributed by atoms with Crippen LogP contribution >= 0.6 is 0 Å². The van der Waals surface area contributed by atoms with E-state index < -0.39 is 0 Å². The van der Waals surface area contributed by atoms with E-state index in [2.05, 4.69) is 181 Å². The summed E-state index contributed by atoms with van der Waals surface area (Å²) in [5.74, 6) is 0.669. The maximum Gasteiger partial charge on any atom is 0.235 e. The zero-order valence-corrected chi connectivity index (χ0v) is 28.3. The van der Waals surface area contributed by atoms with Crippen LogP contribution in [-0.2, 0) is 5.41 Å². The molecule has 1 aliphatic carbocycles. The van der Waals surface area contributed by atoms with Crippen molar-refractivity contribution in [2.75, 3.05) is 0 Å². The predicted molar refractivity (Wildman–Crippen MR) is 211 cm³/mol. The molecule has 11 rings (SSSR count). The number of nitrogens with zero attached hydrogens (tertiary/aromatic N) is 4. The monoisotopic (exact) mass is 652 g/mol. The standard InChI is InChI=1S/C47H32N4/c1-47(2)37-20-10-6-16-31(37)32-25-24-29(28-38(32)47)44-35-18-7-11-21-39(35)48-46(49-44)51-40-22-12-8-17-33(40)34-26-27-42-43(45(34)51)36-19-9-13-23-41(36)50(42)30-14-4-3-5-15-30/h3-28H,1-2H3. The van der Waals surface area contributed by atoms with Crippen LogP contribution in [-0.4, -0.2) is 19.1 Å². The normalized spacial score (nSPS) is 13.5. The lowest BCUT2D eigenvalue weighted by Crippen LogP contribution is -2.15. The van der Waals surface area contributed by atoms with Gasteiger partial charge in [0.2, 0.25) is 5.95 Å². The average molecular weight is 653 g/mol. The van der Waals surface area contributed by atoms with Crippen LogP contribution in [0.5, 0.6) is 0 Å². The smallest absolute Gasteiger partial charge is 0.235 e. The fourth-order valence-electron chi connectivity index (χ4n) is 8.81. The molecule has 0 saturated carbocycles. The van der Waals surface area contributed by atoms with Crippen LogP contribution in [0.15, 0.2) is 158 Å². The van der Waals surface area contributed by atoms with Crippen molar-refractivity contribution in [1.82, 2.24) is 19.1 Å². The third-order valence-corrected chi connectivity index (χ3v) is 11.1. The molecule has 0 N–H and O–H groups in total. The molecule has 3 aromatic heterocycles. The molecular weight excluding hydrogens is 621 g/mol. The van der Waals surface area contributed by atoms with Crippen LogP contribution < -0.4 is 0 Å². The number of aromatic nitrogens is 4. The van der Waals surface area contributed by atoms with Gasteiger partial charge in [-0.15, -0.1) is 0 Å². The summed E-state index contributed by atoms with van der Waals surface area (Å²) in [4.78, 5) is 10.9. The van der Waals surface area contributed by atoms with Crippen molar-refractivity contribution >= 4 is 54.5 Å². The maximum absolute atomic E-state index is 5.53. The molecule has 51 heavy (non-hydrogen) atoms. The third-order valence-electron chi connectivity index (χ3n) is 11.1. The second kappa shape index (κ2) is 10.3. The number of fused-ring (bicyclic) bond motifs is 11. The van der Waals surface area contributed by atoms with E-state index in [1.165, 1.54) is 49.3 Å². The van der Waals surface area contributed by atoms with Gasteiger partial charge >= 0.3 is 0 Å². The molecule has 0 radical (unpaired) electrons. The van der Waals surface area contributed by atoms with Gasteiger partial charge in [0.15, 0.2) is 0 Å². The zero-order valence-electron chi connectivity index (χ0n) is 28.3. The number of hydrogen-bond acceptors (Lipinski definition) is 2. The summed E-state index contributed by atoms with van der Waals surface area (Å²) >= 11 is 0. The largest absolute Gasteiger partial charge is 0.309 e. The highest BCUT2D eigenvalue weighted by Crippen LogP contribution is 2.50. The molecule has 0 saturated heterocycles. The van der Waals surface area contributed by atoms with E-state index in [-0.39, 0.29) is 5.41 Å². The van der Waals surface area contributed by atoms with E-state index in [9.17, 15) is 0 Å². The minimum absolute atomic E-state index is 0.112. The van der Waals surface area contributed by atoms with Crippen molar-refractivity contribution in [2.45, 2.75) is 19.3 Å². The van der Waals surface area contributed by atoms with E-state index >= 15 is 0 Å². The van der Waals surface area contributed by atoms with Gasteiger partial charge in [-0.05, 0) is 64.7 Å². The Balaban J connectivity index is 1.24. The van der Waals surface area contributed by atoms with Crippen molar-refractivity contribution in [3.8, 4) is 34.0 Å². The Morgan fingerprint density at radius 3 is 1.98 bits per heavy atom. The summed E-state index contributed by atoms with van der Waals surface area (Å²) in [7, 11) is 0. The lowest BCUT2D eigenvalue weighted by Gasteiger charge is -2.22. The topological polar surface area (TPSA) is 35.6 Å². The van der Waals surface area contributed by atoms with Crippen molar-refractivity contribution in [3.63, 3.8) is 0 Å². The summed E-state index contributed by atoms with van der Waals surface area (Å²) in [5.41, 5.74) is 13.8. The summed E-state index contributed by atoms with van der Waals surface area (Å²) in [6.45, 7) is 4.67. The van der Waals surface area contributed by atoms with Gasteiger partial charge in [0.25, 0.3) is 0 Å². The fraction of sp³-hybridized carbons (Fsp3) is 0.0638. The quantitative estimate of drug-likeness (QED) is 0.190. The summed E-state index contributed by atoms with van der Waals surface area (Å²) < 4.78 is 4.68. The van der Waals surface area contributed by atoms with Gasteiger partial charge in [-0.1, -0.05) is 129 Å². The van der Waals surface area contributed by atoms with E-state index in [0.29, 0.717) is 5.95 Å². The number of hydrogen-bond donors (Lipinski definition) is 0. The molecule has 0 unspecified atom stereocenters. The number of benzene rings is 7. The average Bonchev–Trinajstić information content (AvgIpc) is 3.78. The minimum Gasteiger partial charge on any atom is -0.309 e. The van der Waals surface area contributed by atoms with Crippen LogP contribution in [0.3, 0.4) is 0 Å². The van der Waals surface area contributed by atoms with Crippen molar-refractivity contribution < 1.29 is 0 Å². The van der Waals surface area contributed by atoms with Crippen LogP contribution in [0.1, 0.15) is 25.0 Å². The molecule has 3 heterocycles. The van der Waals surface area contributed by atoms with E-state index in [1.54, 1.807) is 0 Å². The maximum atomic E-state index is 5.53. The van der Waals surface area contributed by atoms with Gasteiger partial charge in [-0.2, -0.15) is 0 Å². The van der Waals surface area contributed by atoms with Gasteiger partial charge in [0.05, 0.1) is 33.3 Å². The Kier molecular flexibility index (Phi) is 5.70. The van der Waals surface area contributed by atoms with E-state index in [1.807, 2.05) is 0 Å². The highest BCUT2D eigenvalue weighted by atomic mass is 15.2. The molecule has 0 spiro atoms. The van der Waals surface area contributed by atoms with Gasteiger partial charge in [0.1, 0.15) is 0 Å². The molecule has 0 bridgehead atoms. The second-order valence-electron chi connectivity index (χ2n) is 14.2. The highest BCUT2D eigenvalue weighted by Gasteiger charge is 2.35. The van der Waals surface area contributed by atoms with E-state index in [0.717, 1.165) is 44.4 Å². The van der Waals surface area contributed by atoms with Crippen molar-refractivity contribution in [1.29, 1.82) is 0 Å². The highest BCUT2D eigenvalue weighted by molar-refractivity contribution is 6.26. The van der Waals surface area contributed by atoms with Crippen LogP contribution in [0, 0.1) is 0 Å². The first kappa shape index (κ1) is 28.3. The Morgan fingerprint density at radius 1 is 0.471 bits per heavy atom. The molecular formula is C47H32N4. The molecule has 240 valence electrons. The summed E-state index contributed by atoms with van der Waals surface area (Å²) in [6, 6.07) is 56.7. The Labute approximate surface area is 294 Å². The second-order valence-corrected chi connectivity index (χ2v) is 14.2. The number of rotatable bonds is 3. The first-order valence-electron chi connectivity index (χ1n) is 17.6. The van der Waals surface area contributed by atoms with Gasteiger partial charge in [-0.25, -0.2) is 9.97 Å². The first-order chi connectivity index (χ1) is 25.1. The molecule has 4 nitrogen and oxygen atoms in total. The van der Waals surface area contributed by atoms with Crippen molar-refractivity contribution in [2.24, 2.45) is 0 Å². The molecule has 7 aromatic carbocycles. The molecule has 0 aliphatic heterocycles. The zero-order chi connectivity index (χ0) is 33.8. The van der Waals surface area contributed by atoms with Gasteiger partial charge in [0, 0.05) is 43.6 Å². The molecule has 4 heteroatoms. The molecule has 0 atom stereocenters. The van der Waals surface area contributed by atoms with Crippen LogP contribution in [0.4, 0.5) is 0 Å². The third kappa shape index (κ3) is 3.85. The predicted octanol–water partition coefficient (Wildman–Crippen LogP) is 11.8.